The van der Waals surface area contributed by atoms with Crippen molar-refractivity contribution in [3.05, 3.63) is 23.8 Å². The van der Waals surface area contributed by atoms with Gasteiger partial charge in [-0.1, -0.05) is 19.9 Å². The van der Waals surface area contributed by atoms with Gasteiger partial charge in [-0.3, -0.25) is 4.79 Å². The second-order valence-electron chi connectivity index (χ2n) is 9.39. The Bertz CT molecular complexity index is 709. The number of ether oxygens (including phenoxy) is 2. The SMILES string of the molecule is CC(C)Oc1cc([C@@H]2CCN(C(=O)OC(C)(C)C)[C@H](C(C)C)C2)ccc1NC=O. The molecule has 1 aromatic rings. The van der Waals surface area contributed by atoms with Crippen LogP contribution in [0.15, 0.2) is 18.2 Å². The van der Waals surface area contributed by atoms with Gasteiger partial charge in [0.15, 0.2) is 0 Å². The highest BCUT2D eigenvalue weighted by atomic mass is 16.6. The molecule has 1 aliphatic heterocycles. The Morgan fingerprint density at radius 1 is 1.24 bits per heavy atom. The zero-order valence-electron chi connectivity index (χ0n) is 18.8. The molecule has 0 saturated carbocycles. The minimum Gasteiger partial charge on any atom is -0.489 e. The first-order chi connectivity index (χ1) is 13.5. The molecule has 2 amide bonds. The predicted octanol–water partition coefficient (Wildman–Crippen LogP) is 5.18. The molecule has 0 bridgehead atoms. The van der Waals surface area contributed by atoms with E-state index in [4.69, 9.17) is 9.47 Å². The van der Waals surface area contributed by atoms with Crippen molar-refractivity contribution in [3.63, 3.8) is 0 Å². The zero-order valence-corrected chi connectivity index (χ0v) is 18.8. The third kappa shape index (κ3) is 6.38. The van der Waals surface area contributed by atoms with Crippen LogP contribution in [0.3, 0.4) is 0 Å². The molecule has 162 valence electrons. The first kappa shape index (κ1) is 23.0. The average Bonchev–Trinajstić information content (AvgIpc) is 2.61. The summed E-state index contributed by atoms with van der Waals surface area (Å²) in [4.78, 5) is 25.5. The standard InChI is InChI=1S/C23H36N2O4/c1-15(2)20-12-18(10-11-25(20)22(27)29-23(5,6)7)17-8-9-19(24-14-26)21(13-17)28-16(3)4/h8-9,13-16,18,20H,10-12H2,1-7H3,(H,24,26)/t18-,20+/m1/s1. The fourth-order valence-electron chi connectivity index (χ4n) is 3.81. The molecule has 1 aromatic carbocycles. The molecule has 0 spiro atoms. The molecule has 0 radical (unpaired) electrons. The Morgan fingerprint density at radius 3 is 2.48 bits per heavy atom. The average molecular weight is 405 g/mol. The highest BCUT2D eigenvalue weighted by Gasteiger charge is 2.36. The number of hydrogen-bond donors (Lipinski definition) is 1. The van der Waals surface area contributed by atoms with Crippen molar-refractivity contribution in [3.8, 4) is 5.75 Å². The fourth-order valence-corrected chi connectivity index (χ4v) is 3.81. The molecule has 0 aliphatic carbocycles. The number of hydrogen-bond acceptors (Lipinski definition) is 4. The largest absolute Gasteiger partial charge is 0.489 e. The summed E-state index contributed by atoms with van der Waals surface area (Å²) in [6, 6.07) is 6.08. The summed E-state index contributed by atoms with van der Waals surface area (Å²) < 4.78 is 11.5. The third-order valence-corrected chi connectivity index (χ3v) is 5.10. The molecule has 1 aliphatic rings. The maximum Gasteiger partial charge on any atom is 0.410 e. The molecule has 6 nitrogen and oxygen atoms in total. The van der Waals surface area contributed by atoms with Gasteiger partial charge >= 0.3 is 6.09 Å². The van der Waals surface area contributed by atoms with Crippen molar-refractivity contribution in [1.82, 2.24) is 4.90 Å². The van der Waals surface area contributed by atoms with E-state index in [-0.39, 0.29) is 18.2 Å². The molecule has 1 fully saturated rings. The number of carbonyl (C=O) groups excluding carboxylic acids is 2. The second-order valence-corrected chi connectivity index (χ2v) is 9.39. The Kier molecular flexibility index (Phi) is 7.55. The van der Waals surface area contributed by atoms with Crippen LogP contribution in [-0.2, 0) is 9.53 Å². The van der Waals surface area contributed by atoms with Gasteiger partial charge in [0.05, 0.1) is 11.8 Å². The summed E-state index contributed by atoms with van der Waals surface area (Å²) >= 11 is 0. The first-order valence-electron chi connectivity index (χ1n) is 10.5. The number of amides is 2. The van der Waals surface area contributed by atoms with E-state index in [1.165, 1.54) is 5.56 Å². The quantitative estimate of drug-likeness (QED) is 0.663. The number of anilines is 1. The molecule has 2 rings (SSSR count). The molecule has 6 heteroatoms. The van der Waals surface area contributed by atoms with E-state index in [0.29, 0.717) is 36.2 Å². The fraction of sp³-hybridized carbons (Fsp3) is 0.652. The van der Waals surface area contributed by atoms with Crippen LogP contribution in [0.2, 0.25) is 0 Å². The Hall–Kier alpha value is -2.24. The number of rotatable bonds is 6. The number of carbonyl (C=O) groups is 2. The molecule has 1 N–H and O–H groups in total. The monoisotopic (exact) mass is 404 g/mol. The normalized spacial score (nSPS) is 20.0. The van der Waals surface area contributed by atoms with Gasteiger partial charge in [-0.2, -0.15) is 0 Å². The summed E-state index contributed by atoms with van der Waals surface area (Å²) in [6.45, 7) is 14.6. The van der Waals surface area contributed by atoms with Crippen molar-refractivity contribution >= 4 is 18.2 Å². The van der Waals surface area contributed by atoms with Crippen LogP contribution in [-0.4, -0.2) is 41.7 Å². The third-order valence-electron chi connectivity index (χ3n) is 5.10. The molecule has 1 heterocycles. The van der Waals surface area contributed by atoms with E-state index in [1.807, 2.05) is 57.7 Å². The highest BCUT2D eigenvalue weighted by molar-refractivity contribution is 5.75. The van der Waals surface area contributed by atoms with E-state index in [1.54, 1.807) is 0 Å². The van der Waals surface area contributed by atoms with E-state index in [9.17, 15) is 9.59 Å². The molecule has 0 aromatic heterocycles. The Morgan fingerprint density at radius 2 is 1.93 bits per heavy atom. The van der Waals surface area contributed by atoms with Crippen molar-refractivity contribution < 1.29 is 19.1 Å². The van der Waals surface area contributed by atoms with Gasteiger partial charge in [-0.05, 0) is 77.0 Å². The van der Waals surface area contributed by atoms with Gasteiger partial charge in [0.2, 0.25) is 6.41 Å². The van der Waals surface area contributed by atoms with Crippen molar-refractivity contribution in [2.75, 3.05) is 11.9 Å². The van der Waals surface area contributed by atoms with E-state index >= 15 is 0 Å². The van der Waals surface area contributed by atoms with Gasteiger partial charge in [0, 0.05) is 12.6 Å². The topological polar surface area (TPSA) is 67.9 Å². The predicted molar refractivity (Wildman–Crippen MR) is 115 cm³/mol. The maximum atomic E-state index is 12.7. The summed E-state index contributed by atoms with van der Waals surface area (Å²) in [5.74, 6) is 1.33. The lowest BCUT2D eigenvalue weighted by molar-refractivity contribution is -0.105. The Balaban J connectivity index is 2.22. The number of nitrogens with zero attached hydrogens (tertiary/aromatic N) is 1. The van der Waals surface area contributed by atoms with Crippen molar-refractivity contribution in [2.24, 2.45) is 5.92 Å². The lowest BCUT2D eigenvalue weighted by atomic mass is 9.81. The molecule has 0 unspecified atom stereocenters. The van der Waals surface area contributed by atoms with E-state index in [2.05, 4.69) is 19.2 Å². The smallest absolute Gasteiger partial charge is 0.410 e. The second kappa shape index (κ2) is 9.51. The molecule has 29 heavy (non-hydrogen) atoms. The summed E-state index contributed by atoms with van der Waals surface area (Å²) in [5.41, 5.74) is 1.34. The van der Waals surface area contributed by atoms with Crippen molar-refractivity contribution in [2.45, 2.75) is 85.0 Å². The minimum absolute atomic E-state index is 0.00915. The highest BCUT2D eigenvalue weighted by Crippen LogP contribution is 2.38. The maximum absolute atomic E-state index is 12.7. The van der Waals surface area contributed by atoms with Crippen molar-refractivity contribution in [1.29, 1.82) is 0 Å². The molecular formula is C23H36N2O4. The molecular weight excluding hydrogens is 368 g/mol. The van der Waals surface area contributed by atoms with Crippen LogP contribution in [0.1, 0.15) is 72.8 Å². The van der Waals surface area contributed by atoms with Gasteiger partial charge in [-0.25, -0.2) is 4.79 Å². The lowest BCUT2D eigenvalue weighted by Crippen LogP contribution is -2.49. The number of benzene rings is 1. The number of nitrogens with one attached hydrogen (secondary N) is 1. The zero-order chi connectivity index (χ0) is 21.8. The van der Waals surface area contributed by atoms with Gasteiger partial charge in [0.25, 0.3) is 0 Å². The molecule has 2 atom stereocenters. The summed E-state index contributed by atoms with van der Waals surface area (Å²) in [7, 11) is 0. The van der Waals surface area contributed by atoms with Gasteiger partial charge in [-0.15, -0.1) is 0 Å². The van der Waals surface area contributed by atoms with Gasteiger partial charge in [0.1, 0.15) is 11.4 Å². The first-order valence-corrected chi connectivity index (χ1v) is 10.5. The van der Waals surface area contributed by atoms with Crippen LogP contribution < -0.4 is 10.1 Å². The van der Waals surface area contributed by atoms with Crippen LogP contribution in [0.25, 0.3) is 0 Å². The van der Waals surface area contributed by atoms with E-state index in [0.717, 1.165) is 12.8 Å². The Labute approximate surface area is 174 Å². The minimum atomic E-state index is -0.500. The summed E-state index contributed by atoms with van der Waals surface area (Å²) in [5, 5.41) is 2.71. The summed E-state index contributed by atoms with van der Waals surface area (Å²) in [6.07, 6.45) is 2.18. The van der Waals surface area contributed by atoms with Crippen LogP contribution >= 0.6 is 0 Å². The number of likely N-dealkylation sites (tertiary alicyclic amines) is 1. The van der Waals surface area contributed by atoms with Crippen LogP contribution in [0.4, 0.5) is 10.5 Å². The van der Waals surface area contributed by atoms with Crippen LogP contribution in [0.5, 0.6) is 5.75 Å². The lowest BCUT2D eigenvalue weighted by Gasteiger charge is -2.42. The molecule has 1 saturated heterocycles. The van der Waals surface area contributed by atoms with E-state index < -0.39 is 5.60 Å². The number of piperidine rings is 1. The van der Waals surface area contributed by atoms with Gasteiger partial charge < -0.3 is 19.7 Å². The van der Waals surface area contributed by atoms with Crippen LogP contribution in [0, 0.1) is 5.92 Å².